The highest BCUT2D eigenvalue weighted by Gasteiger charge is 2.38. The molecule has 2 aliphatic rings. The number of rotatable bonds is 5. The fraction of sp³-hybridized carbons (Fsp3) is 0.321. The molecule has 6 nitrogen and oxygen atoms in total. The number of piperidine rings is 1. The summed E-state index contributed by atoms with van der Waals surface area (Å²) in [5.74, 6) is -0.420. The molecule has 3 heterocycles. The Morgan fingerprint density at radius 2 is 1.50 bits per heavy atom. The van der Waals surface area contributed by atoms with Crippen LogP contribution < -0.4 is 4.73 Å². The molecule has 0 spiro atoms. The van der Waals surface area contributed by atoms with Crippen molar-refractivity contribution < 1.29 is 14.3 Å². The maximum Gasteiger partial charge on any atom is 0.224 e. The zero-order valence-corrected chi connectivity index (χ0v) is 19.1. The van der Waals surface area contributed by atoms with Gasteiger partial charge in [0.25, 0.3) is 0 Å². The fourth-order valence-corrected chi connectivity index (χ4v) is 5.73. The summed E-state index contributed by atoms with van der Waals surface area (Å²) in [6.45, 7) is 4.12. The van der Waals surface area contributed by atoms with Gasteiger partial charge in [0, 0.05) is 23.5 Å². The van der Waals surface area contributed by atoms with Gasteiger partial charge >= 0.3 is 0 Å². The summed E-state index contributed by atoms with van der Waals surface area (Å²) in [6, 6.07) is 14.7. The molecule has 34 heavy (non-hydrogen) atoms. The highest BCUT2D eigenvalue weighted by molar-refractivity contribution is 6.34. The number of hydrogen-bond donors (Lipinski definition) is 0. The minimum Gasteiger partial charge on any atom is -0.618 e. The van der Waals surface area contributed by atoms with Gasteiger partial charge in [0.15, 0.2) is 6.20 Å². The first-order chi connectivity index (χ1) is 16.6. The van der Waals surface area contributed by atoms with Crippen molar-refractivity contribution in [3.63, 3.8) is 0 Å². The summed E-state index contributed by atoms with van der Waals surface area (Å²) in [4.78, 5) is 30.2. The summed E-state index contributed by atoms with van der Waals surface area (Å²) in [7, 11) is 0. The largest absolute Gasteiger partial charge is 0.618 e. The molecule has 2 aromatic carbocycles. The number of carbonyl (C=O) groups is 2. The summed E-state index contributed by atoms with van der Waals surface area (Å²) in [5, 5.41) is 13.9. The van der Waals surface area contributed by atoms with Crippen LogP contribution in [0, 0.1) is 5.21 Å². The van der Waals surface area contributed by atoms with Gasteiger partial charge in [0.2, 0.25) is 17.1 Å². The van der Waals surface area contributed by atoms with Crippen molar-refractivity contribution in [3.05, 3.63) is 82.3 Å². The number of ketones is 2. The van der Waals surface area contributed by atoms with E-state index < -0.39 is 0 Å². The Morgan fingerprint density at radius 3 is 2.32 bits per heavy atom. The Bertz CT molecular complexity index is 1450. The maximum atomic E-state index is 14.0. The van der Waals surface area contributed by atoms with E-state index >= 15 is 0 Å². The molecule has 0 atom stereocenters. The number of hydrogen-bond acceptors (Lipinski definition) is 4. The van der Waals surface area contributed by atoms with Crippen LogP contribution in [0.25, 0.3) is 21.8 Å². The first-order valence-electron chi connectivity index (χ1n) is 12.2. The number of nitrogens with zero attached hydrogens (tertiary/aromatic N) is 3. The highest BCUT2D eigenvalue weighted by atomic mass is 16.5. The third kappa shape index (κ3) is 3.24. The topological polar surface area (TPSA) is 69.2 Å². The average molecular weight is 454 g/mol. The Morgan fingerprint density at radius 1 is 0.794 bits per heavy atom. The average Bonchev–Trinajstić information content (AvgIpc) is 3.20. The van der Waals surface area contributed by atoms with E-state index in [1.165, 1.54) is 38.5 Å². The Hall–Kier alpha value is -3.51. The monoisotopic (exact) mass is 453 g/mol. The molecule has 0 amide bonds. The van der Waals surface area contributed by atoms with Crippen molar-refractivity contribution in [2.45, 2.75) is 38.6 Å². The summed E-state index contributed by atoms with van der Waals surface area (Å²) < 4.78 is 2.74. The zero-order chi connectivity index (χ0) is 23.2. The first kappa shape index (κ1) is 21.1. The van der Waals surface area contributed by atoms with Crippen molar-refractivity contribution in [2.75, 3.05) is 19.6 Å². The van der Waals surface area contributed by atoms with Gasteiger partial charge in [-0.05, 0) is 57.5 Å². The van der Waals surface area contributed by atoms with Gasteiger partial charge in [-0.15, -0.1) is 0 Å². The lowest BCUT2D eigenvalue weighted by atomic mass is 9.85. The number of carbonyl (C=O) groups excluding carboxylic acids is 2. The molecule has 4 aromatic rings. The maximum absolute atomic E-state index is 14.0. The van der Waals surface area contributed by atoms with E-state index in [1.54, 1.807) is 24.3 Å². The highest BCUT2D eigenvalue weighted by Crippen LogP contribution is 2.37. The molecule has 0 radical (unpaired) electrons. The van der Waals surface area contributed by atoms with Gasteiger partial charge in [-0.2, -0.15) is 4.73 Å². The minimum atomic E-state index is -0.247. The van der Waals surface area contributed by atoms with Crippen molar-refractivity contribution in [1.82, 2.24) is 9.47 Å². The lowest BCUT2D eigenvalue weighted by molar-refractivity contribution is -0.577. The van der Waals surface area contributed by atoms with E-state index in [0.29, 0.717) is 39.0 Å². The molecular formula is C28H27N3O3. The number of likely N-dealkylation sites (tertiary alicyclic amines) is 1. The molecule has 1 fully saturated rings. The predicted molar refractivity (Wildman–Crippen MR) is 131 cm³/mol. The number of aromatic nitrogens is 2. The quantitative estimate of drug-likeness (QED) is 0.224. The van der Waals surface area contributed by atoms with Crippen LogP contribution >= 0.6 is 0 Å². The second kappa shape index (κ2) is 8.37. The number of unbranched alkanes of at least 4 members (excludes halogenated alkanes) is 1. The Labute approximate surface area is 198 Å². The van der Waals surface area contributed by atoms with Gasteiger partial charge in [-0.1, -0.05) is 36.8 Å². The molecule has 2 aromatic heterocycles. The van der Waals surface area contributed by atoms with Gasteiger partial charge in [-0.25, -0.2) is 0 Å². The summed E-state index contributed by atoms with van der Waals surface area (Å²) in [6.07, 6.45) is 7.15. The van der Waals surface area contributed by atoms with Crippen LogP contribution in [0.15, 0.2) is 54.7 Å². The van der Waals surface area contributed by atoms with Crippen LogP contribution in [0.4, 0.5) is 0 Å². The van der Waals surface area contributed by atoms with E-state index in [4.69, 9.17) is 0 Å². The number of aryl methyl sites for hydroxylation is 1. The molecule has 0 N–H and O–H groups in total. The molecule has 1 aliphatic carbocycles. The van der Waals surface area contributed by atoms with E-state index in [0.717, 1.165) is 30.3 Å². The molecule has 1 saturated heterocycles. The van der Waals surface area contributed by atoms with Gasteiger partial charge in [0.05, 0.1) is 22.1 Å². The molecule has 1 aliphatic heterocycles. The molecule has 0 saturated carbocycles. The van der Waals surface area contributed by atoms with Gasteiger partial charge in [-0.3, -0.25) is 9.59 Å². The van der Waals surface area contributed by atoms with Crippen molar-refractivity contribution in [2.24, 2.45) is 0 Å². The lowest BCUT2D eigenvalue weighted by Crippen LogP contribution is -2.33. The number of fused-ring (bicyclic) bond motifs is 6. The number of para-hydroxylation sites is 2. The van der Waals surface area contributed by atoms with E-state index in [9.17, 15) is 14.8 Å². The summed E-state index contributed by atoms with van der Waals surface area (Å²) >= 11 is 0. The summed E-state index contributed by atoms with van der Waals surface area (Å²) in [5.41, 5.74) is 2.73. The standard InChI is InChI=1S/C28H27N3O3/c32-27-21-18-31(34)23-13-5-3-11-20(23)24(21)28(33)26-25(27)19-10-2-4-12-22(19)30(26)17-9-8-16-29-14-6-1-7-15-29/h2-5,10-13,18H,1,6-9,14-17H2. The molecule has 0 unspecified atom stereocenters. The van der Waals surface area contributed by atoms with Crippen LogP contribution in [0.3, 0.4) is 0 Å². The van der Waals surface area contributed by atoms with E-state index in [1.807, 2.05) is 28.8 Å². The second-order valence-corrected chi connectivity index (χ2v) is 9.42. The van der Waals surface area contributed by atoms with Crippen molar-refractivity contribution in [1.29, 1.82) is 0 Å². The number of benzene rings is 2. The normalized spacial score (nSPS) is 16.2. The zero-order valence-electron chi connectivity index (χ0n) is 19.1. The Balaban J connectivity index is 1.42. The van der Waals surface area contributed by atoms with Gasteiger partial charge < -0.3 is 14.7 Å². The van der Waals surface area contributed by atoms with Crippen molar-refractivity contribution >= 4 is 33.4 Å². The first-order valence-corrected chi connectivity index (χ1v) is 12.2. The Kier molecular flexibility index (Phi) is 5.18. The third-order valence-corrected chi connectivity index (χ3v) is 7.37. The van der Waals surface area contributed by atoms with Crippen LogP contribution in [-0.2, 0) is 6.54 Å². The smallest absolute Gasteiger partial charge is 0.224 e. The van der Waals surface area contributed by atoms with Crippen LogP contribution in [0.2, 0.25) is 0 Å². The number of pyridine rings is 1. The molecule has 6 heteroatoms. The lowest BCUT2D eigenvalue weighted by Gasteiger charge is -2.26. The molecule has 172 valence electrons. The second-order valence-electron chi connectivity index (χ2n) is 9.42. The molecular weight excluding hydrogens is 426 g/mol. The fourth-order valence-electron chi connectivity index (χ4n) is 5.73. The minimum absolute atomic E-state index is 0.173. The third-order valence-electron chi connectivity index (χ3n) is 7.37. The van der Waals surface area contributed by atoms with Crippen LogP contribution in [0.5, 0.6) is 0 Å². The van der Waals surface area contributed by atoms with Gasteiger partial charge in [0.1, 0.15) is 5.69 Å². The SMILES string of the molecule is O=C1c2c[n+]([O-])c3ccccc3c2C(=O)c2c1c1ccccc1n2CCCCN1CCCCC1. The van der Waals surface area contributed by atoms with Crippen LogP contribution in [0.1, 0.15) is 64.1 Å². The van der Waals surface area contributed by atoms with E-state index in [2.05, 4.69) is 4.90 Å². The molecule has 6 rings (SSSR count). The molecule has 0 bridgehead atoms. The van der Waals surface area contributed by atoms with Crippen LogP contribution in [-0.4, -0.2) is 40.7 Å². The van der Waals surface area contributed by atoms with Crippen molar-refractivity contribution in [3.8, 4) is 0 Å². The predicted octanol–water partition coefficient (Wildman–Crippen LogP) is 4.47. The van der Waals surface area contributed by atoms with E-state index in [-0.39, 0.29) is 17.1 Å².